The Balaban J connectivity index is 1.49. The molecule has 0 unspecified atom stereocenters. The molecule has 7 nitrogen and oxygen atoms in total. The van der Waals surface area contributed by atoms with Crippen LogP contribution in [-0.2, 0) is 11.3 Å². The number of carbonyl (C=O) groups excluding carboxylic acids is 2. The largest absolute Gasteiger partial charge is 0.353 e. The second-order valence-electron chi connectivity index (χ2n) is 6.34. The lowest BCUT2D eigenvalue weighted by Gasteiger charge is -2.18. The second kappa shape index (κ2) is 7.78. The third-order valence-corrected chi connectivity index (χ3v) is 4.53. The van der Waals surface area contributed by atoms with Gasteiger partial charge in [-0.3, -0.25) is 14.4 Å². The molecule has 1 aromatic carbocycles. The highest BCUT2D eigenvalue weighted by Gasteiger charge is 2.30. The first kappa shape index (κ1) is 18.3. The first-order chi connectivity index (χ1) is 12.4. The minimum Gasteiger partial charge on any atom is -0.353 e. The molecule has 3 amide bonds. The predicted octanol–water partition coefficient (Wildman–Crippen LogP) is 2.21. The van der Waals surface area contributed by atoms with Crippen LogP contribution >= 0.6 is 11.6 Å². The van der Waals surface area contributed by atoms with E-state index < -0.39 is 0 Å². The lowest BCUT2D eigenvalue weighted by atomic mass is 10.3. The minimum absolute atomic E-state index is 0.0486. The number of halogens is 1. The Labute approximate surface area is 157 Å². The van der Waals surface area contributed by atoms with Crippen LogP contribution in [0.5, 0.6) is 0 Å². The van der Waals surface area contributed by atoms with Gasteiger partial charge in [-0.15, -0.1) is 0 Å². The van der Waals surface area contributed by atoms with Crippen molar-refractivity contribution in [2.75, 3.05) is 31.1 Å². The molecule has 1 aliphatic rings. The van der Waals surface area contributed by atoms with Gasteiger partial charge in [0, 0.05) is 36.0 Å². The molecule has 0 saturated carbocycles. The zero-order valence-corrected chi connectivity index (χ0v) is 15.7. The van der Waals surface area contributed by atoms with Crippen molar-refractivity contribution >= 4 is 29.2 Å². The fourth-order valence-electron chi connectivity index (χ4n) is 3.04. The molecule has 1 aromatic heterocycles. The first-order valence-electron chi connectivity index (χ1n) is 8.54. The van der Waals surface area contributed by atoms with Gasteiger partial charge in [0.2, 0.25) is 5.91 Å². The fourth-order valence-corrected chi connectivity index (χ4v) is 3.23. The number of hydrogen-bond donors (Lipinski definition) is 1. The maximum absolute atomic E-state index is 12.5. The van der Waals surface area contributed by atoms with Crippen LogP contribution in [0, 0.1) is 13.8 Å². The van der Waals surface area contributed by atoms with E-state index in [4.69, 9.17) is 11.6 Å². The molecule has 3 rings (SSSR count). The smallest absolute Gasteiger partial charge is 0.325 e. The first-order valence-corrected chi connectivity index (χ1v) is 8.91. The summed E-state index contributed by atoms with van der Waals surface area (Å²) in [5.41, 5.74) is 2.76. The number of urea groups is 1. The molecule has 0 aliphatic carbocycles. The summed E-state index contributed by atoms with van der Waals surface area (Å²) in [5.74, 6) is -0.173. The van der Waals surface area contributed by atoms with Crippen molar-refractivity contribution in [3.05, 3.63) is 46.7 Å². The Kier molecular flexibility index (Phi) is 5.46. The maximum atomic E-state index is 12.5. The molecule has 138 valence electrons. The maximum Gasteiger partial charge on any atom is 0.325 e. The third-order valence-electron chi connectivity index (χ3n) is 4.30. The van der Waals surface area contributed by atoms with Crippen LogP contribution in [0.25, 0.3) is 0 Å². The molecular weight excluding hydrogens is 354 g/mol. The van der Waals surface area contributed by atoms with E-state index in [1.54, 1.807) is 28.0 Å². The SMILES string of the molecule is Cc1cc(C)n(CCNC(=O)CN2CCN(c3cccc(Cl)c3)C2=O)n1. The number of carbonyl (C=O) groups is 2. The van der Waals surface area contributed by atoms with Crippen molar-refractivity contribution in [1.29, 1.82) is 0 Å². The number of nitrogens with zero attached hydrogens (tertiary/aromatic N) is 4. The Morgan fingerprint density at radius 2 is 2.08 bits per heavy atom. The average Bonchev–Trinajstić information content (AvgIpc) is 3.10. The molecule has 2 aromatic rings. The highest BCUT2D eigenvalue weighted by Crippen LogP contribution is 2.23. The number of benzene rings is 1. The van der Waals surface area contributed by atoms with Gasteiger partial charge in [-0.1, -0.05) is 17.7 Å². The summed E-state index contributed by atoms with van der Waals surface area (Å²) in [5, 5.41) is 7.78. The minimum atomic E-state index is -0.180. The number of amides is 3. The number of anilines is 1. The highest BCUT2D eigenvalue weighted by molar-refractivity contribution is 6.30. The Morgan fingerprint density at radius 3 is 2.77 bits per heavy atom. The van der Waals surface area contributed by atoms with Gasteiger partial charge in [0.25, 0.3) is 0 Å². The summed E-state index contributed by atoms with van der Waals surface area (Å²) in [6.45, 7) is 6.10. The molecule has 0 spiro atoms. The summed E-state index contributed by atoms with van der Waals surface area (Å²) in [6.07, 6.45) is 0. The van der Waals surface area contributed by atoms with E-state index in [2.05, 4.69) is 10.4 Å². The van der Waals surface area contributed by atoms with Gasteiger partial charge in [0.1, 0.15) is 6.54 Å². The normalized spacial score (nSPS) is 14.2. The zero-order chi connectivity index (χ0) is 18.7. The van der Waals surface area contributed by atoms with E-state index in [-0.39, 0.29) is 18.5 Å². The van der Waals surface area contributed by atoms with Crippen molar-refractivity contribution in [2.45, 2.75) is 20.4 Å². The van der Waals surface area contributed by atoms with E-state index in [0.717, 1.165) is 17.1 Å². The quantitative estimate of drug-likeness (QED) is 0.841. The Bertz CT molecular complexity index is 820. The lowest BCUT2D eigenvalue weighted by molar-refractivity contribution is -0.121. The van der Waals surface area contributed by atoms with Crippen LogP contribution < -0.4 is 10.2 Å². The zero-order valence-electron chi connectivity index (χ0n) is 14.9. The average molecular weight is 376 g/mol. The van der Waals surface area contributed by atoms with E-state index >= 15 is 0 Å². The molecule has 1 N–H and O–H groups in total. The summed E-state index contributed by atoms with van der Waals surface area (Å²) < 4.78 is 1.86. The van der Waals surface area contributed by atoms with Gasteiger partial charge in [-0.2, -0.15) is 5.10 Å². The number of hydrogen-bond acceptors (Lipinski definition) is 3. The standard InChI is InChI=1S/C18H22ClN5O2/c1-13-10-14(2)24(21-13)7-6-20-17(25)12-22-8-9-23(18(22)26)16-5-3-4-15(19)11-16/h3-5,10-11H,6-9,12H2,1-2H3,(H,20,25). The van der Waals surface area contributed by atoms with Crippen LogP contribution in [-0.4, -0.2) is 52.8 Å². The van der Waals surface area contributed by atoms with Crippen molar-refractivity contribution < 1.29 is 9.59 Å². The van der Waals surface area contributed by atoms with Crippen molar-refractivity contribution in [3.8, 4) is 0 Å². The number of rotatable bonds is 6. The van der Waals surface area contributed by atoms with Gasteiger partial charge in [-0.05, 0) is 38.1 Å². The molecule has 0 bridgehead atoms. The van der Waals surface area contributed by atoms with Crippen LogP contribution in [0.3, 0.4) is 0 Å². The Hall–Kier alpha value is -2.54. The van der Waals surface area contributed by atoms with Crippen molar-refractivity contribution in [1.82, 2.24) is 20.0 Å². The van der Waals surface area contributed by atoms with Gasteiger partial charge in [0.15, 0.2) is 0 Å². The summed E-state index contributed by atoms with van der Waals surface area (Å²) in [4.78, 5) is 27.8. The van der Waals surface area contributed by atoms with Crippen molar-refractivity contribution in [3.63, 3.8) is 0 Å². The predicted molar refractivity (Wildman–Crippen MR) is 100 cm³/mol. The third kappa shape index (κ3) is 4.16. The number of aromatic nitrogens is 2. The lowest BCUT2D eigenvalue weighted by Crippen LogP contribution is -2.40. The summed E-state index contributed by atoms with van der Waals surface area (Å²) >= 11 is 5.99. The number of aryl methyl sites for hydroxylation is 2. The second-order valence-corrected chi connectivity index (χ2v) is 6.77. The molecule has 0 atom stereocenters. The van der Waals surface area contributed by atoms with E-state index in [1.165, 1.54) is 0 Å². The van der Waals surface area contributed by atoms with E-state index in [1.807, 2.05) is 30.7 Å². The topological polar surface area (TPSA) is 70.5 Å². The number of nitrogens with one attached hydrogen (secondary N) is 1. The molecular formula is C18H22ClN5O2. The molecule has 1 aliphatic heterocycles. The summed E-state index contributed by atoms with van der Waals surface area (Å²) in [6, 6.07) is 8.97. The van der Waals surface area contributed by atoms with Crippen molar-refractivity contribution in [2.24, 2.45) is 0 Å². The molecule has 26 heavy (non-hydrogen) atoms. The highest BCUT2D eigenvalue weighted by atomic mass is 35.5. The fraction of sp³-hybridized carbons (Fsp3) is 0.389. The molecule has 0 radical (unpaired) electrons. The van der Waals surface area contributed by atoms with Crippen LogP contribution in [0.15, 0.2) is 30.3 Å². The molecule has 1 fully saturated rings. The molecule has 1 saturated heterocycles. The van der Waals surface area contributed by atoms with Crippen LogP contribution in [0.4, 0.5) is 10.5 Å². The van der Waals surface area contributed by atoms with Gasteiger partial charge in [0.05, 0.1) is 12.2 Å². The van der Waals surface area contributed by atoms with E-state index in [9.17, 15) is 9.59 Å². The van der Waals surface area contributed by atoms with E-state index in [0.29, 0.717) is 31.2 Å². The van der Waals surface area contributed by atoms with Gasteiger partial charge in [-0.25, -0.2) is 4.79 Å². The molecule has 2 heterocycles. The molecule has 8 heteroatoms. The van der Waals surface area contributed by atoms with Gasteiger partial charge < -0.3 is 10.2 Å². The van der Waals surface area contributed by atoms with Gasteiger partial charge >= 0.3 is 6.03 Å². The summed E-state index contributed by atoms with van der Waals surface area (Å²) in [7, 11) is 0. The monoisotopic (exact) mass is 375 g/mol. The van der Waals surface area contributed by atoms with Crippen LogP contribution in [0.2, 0.25) is 5.02 Å². The van der Waals surface area contributed by atoms with Crippen LogP contribution in [0.1, 0.15) is 11.4 Å². The Morgan fingerprint density at radius 1 is 1.27 bits per heavy atom.